The van der Waals surface area contributed by atoms with Crippen LogP contribution >= 0.6 is 0 Å². The molecular weight excluding hydrogens is 238 g/mol. The summed E-state index contributed by atoms with van der Waals surface area (Å²) in [6.45, 7) is 3.76. The second-order valence-corrected chi connectivity index (χ2v) is 3.96. The maximum Gasteiger partial charge on any atom is 0.162 e. The fraction of sp³-hybridized carbons (Fsp3) is 0.538. The zero-order valence-corrected chi connectivity index (χ0v) is 10.6. The van der Waals surface area contributed by atoms with Crippen molar-refractivity contribution < 1.29 is 13.5 Å². The van der Waals surface area contributed by atoms with E-state index in [-0.39, 0.29) is 0 Å². The molecule has 0 aliphatic heterocycles. The van der Waals surface area contributed by atoms with Crippen LogP contribution in [-0.4, -0.2) is 39.9 Å². The van der Waals surface area contributed by atoms with Crippen molar-refractivity contribution in [3.05, 3.63) is 35.4 Å². The first-order chi connectivity index (χ1) is 8.75. The summed E-state index contributed by atoms with van der Waals surface area (Å²) >= 11 is 0. The smallest absolute Gasteiger partial charge is 0.162 e. The van der Waals surface area contributed by atoms with Crippen molar-refractivity contribution in [2.24, 2.45) is 0 Å². The van der Waals surface area contributed by atoms with Crippen molar-refractivity contribution in [1.82, 2.24) is 10.6 Å². The molecule has 5 heteroatoms. The molecule has 102 valence electrons. The molecule has 0 saturated carbocycles. The van der Waals surface area contributed by atoms with Gasteiger partial charge in [0, 0.05) is 26.7 Å². The Bertz CT molecular complexity index is 348. The van der Waals surface area contributed by atoms with Gasteiger partial charge in [-0.25, -0.2) is 8.78 Å². The molecular formula is C13H20F2N2O. The van der Waals surface area contributed by atoms with Gasteiger partial charge in [0.25, 0.3) is 0 Å². The third-order valence-electron chi connectivity index (χ3n) is 2.56. The molecule has 0 aliphatic carbocycles. The first kappa shape index (κ1) is 15.0. The van der Waals surface area contributed by atoms with Gasteiger partial charge in [0.15, 0.2) is 11.6 Å². The molecule has 0 saturated heterocycles. The molecule has 0 aromatic heterocycles. The van der Waals surface area contributed by atoms with E-state index in [1.165, 1.54) is 6.07 Å². The number of hydrogen-bond donors (Lipinski definition) is 2. The summed E-state index contributed by atoms with van der Waals surface area (Å²) in [7, 11) is 1.66. The van der Waals surface area contributed by atoms with E-state index in [4.69, 9.17) is 4.74 Å². The normalized spacial score (nSPS) is 10.8. The summed E-state index contributed by atoms with van der Waals surface area (Å²) in [5, 5.41) is 6.35. The van der Waals surface area contributed by atoms with E-state index in [1.807, 2.05) is 0 Å². The highest BCUT2D eigenvalue weighted by Gasteiger charge is 2.06. The van der Waals surface area contributed by atoms with Crippen LogP contribution in [0.5, 0.6) is 0 Å². The number of halogens is 2. The molecule has 0 unspecified atom stereocenters. The van der Waals surface area contributed by atoms with Crippen LogP contribution in [0.15, 0.2) is 18.2 Å². The summed E-state index contributed by atoms with van der Waals surface area (Å²) in [5.41, 5.74) is 0.412. The minimum absolute atomic E-state index is 0.412. The number of nitrogens with one attached hydrogen (secondary N) is 2. The highest BCUT2D eigenvalue weighted by atomic mass is 19.2. The van der Waals surface area contributed by atoms with Crippen molar-refractivity contribution >= 4 is 0 Å². The van der Waals surface area contributed by atoms with E-state index in [2.05, 4.69) is 10.6 Å². The molecule has 0 radical (unpaired) electrons. The molecule has 0 spiro atoms. The number of hydrogen-bond acceptors (Lipinski definition) is 3. The molecule has 3 nitrogen and oxygen atoms in total. The zero-order valence-electron chi connectivity index (χ0n) is 10.6. The summed E-state index contributed by atoms with van der Waals surface area (Å²) in [5.74, 6) is -1.52. The number of ether oxygens (including phenoxy) is 1. The van der Waals surface area contributed by atoms with Gasteiger partial charge >= 0.3 is 0 Å². The molecule has 18 heavy (non-hydrogen) atoms. The minimum Gasteiger partial charge on any atom is -0.383 e. The molecule has 0 heterocycles. The summed E-state index contributed by atoms with van der Waals surface area (Å²) in [6, 6.07) is 4.27. The first-order valence-electron chi connectivity index (χ1n) is 6.09. The third kappa shape index (κ3) is 5.53. The Morgan fingerprint density at radius 3 is 2.50 bits per heavy atom. The van der Waals surface area contributed by atoms with Gasteiger partial charge in [-0.1, -0.05) is 12.1 Å². The maximum absolute atomic E-state index is 13.3. The SMILES string of the molecule is COCCNCCNCCc1cccc(F)c1F. The van der Waals surface area contributed by atoms with Crippen LogP contribution in [0.3, 0.4) is 0 Å². The molecule has 0 amide bonds. The minimum atomic E-state index is -0.784. The predicted octanol–water partition coefficient (Wildman–Crippen LogP) is 1.33. The fourth-order valence-electron chi connectivity index (χ4n) is 1.57. The van der Waals surface area contributed by atoms with Crippen molar-refractivity contribution in [3.8, 4) is 0 Å². The van der Waals surface area contributed by atoms with E-state index in [1.54, 1.807) is 13.2 Å². The van der Waals surface area contributed by atoms with E-state index >= 15 is 0 Å². The van der Waals surface area contributed by atoms with Gasteiger partial charge < -0.3 is 15.4 Å². The van der Waals surface area contributed by atoms with Crippen LogP contribution in [0.4, 0.5) is 8.78 Å². The van der Waals surface area contributed by atoms with Gasteiger partial charge in [0.1, 0.15) is 0 Å². The summed E-state index contributed by atoms with van der Waals surface area (Å²) in [4.78, 5) is 0. The quantitative estimate of drug-likeness (QED) is 0.656. The Hall–Kier alpha value is -1.04. The van der Waals surface area contributed by atoms with Crippen molar-refractivity contribution in [3.63, 3.8) is 0 Å². The topological polar surface area (TPSA) is 33.3 Å². The van der Waals surface area contributed by atoms with Crippen LogP contribution in [0.25, 0.3) is 0 Å². The highest BCUT2D eigenvalue weighted by molar-refractivity contribution is 5.19. The van der Waals surface area contributed by atoms with E-state index in [0.717, 1.165) is 25.7 Å². The Morgan fingerprint density at radius 1 is 1.06 bits per heavy atom. The average molecular weight is 258 g/mol. The summed E-state index contributed by atoms with van der Waals surface area (Å²) in [6.07, 6.45) is 0.488. The fourth-order valence-corrected chi connectivity index (χ4v) is 1.57. The van der Waals surface area contributed by atoms with Gasteiger partial charge in [0.2, 0.25) is 0 Å². The predicted molar refractivity (Wildman–Crippen MR) is 67.7 cm³/mol. The van der Waals surface area contributed by atoms with E-state index in [9.17, 15) is 8.78 Å². The van der Waals surface area contributed by atoms with Crippen molar-refractivity contribution in [2.75, 3.05) is 39.9 Å². The molecule has 1 rings (SSSR count). The molecule has 0 bridgehead atoms. The molecule has 0 fully saturated rings. The van der Waals surface area contributed by atoms with Gasteiger partial charge in [0.05, 0.1) is 6.61 Å². The number of rotatable bonds is 9. The molecule has 0 aliphatic rings. The largest absolute Gasteiger partial charge is 0.383 e. The van der Waals surface area contributed by atoms with E-state index < -0.39 is 11.6 Å². The summed E-state index contributed by atoms with van der Waals surface area (Å²) < 4.78 is 31.1. The Labute approximate surface area is 107 Å². The lowest BCUT2D eigenvalue weighted by Gasteiger charge is -2.07. The highest BCUT2D eigenvalue weighted by Crippen LogP contribution is 2.11. The van der Waals surface area contributed by atoms with Gasteiger partial charge in [-0.05, 0) is 24.6 Å². The third-order valence-corrected chi connectivity index (χ3v) is 2.56. The van der Waals surface area contributed by atoms with Gasteiger partial charge in [-0.2, -0.15) is 0 Å². The lowest BCUT2D eigenvalue weighted by Crippen LogP contribution is -2.30. The van der Waals surface area contributed by atoms with Crippen molar-refractivity contribution in [1.29, 1.82) is 0 Å². The van der Waals surface area contributed by atoms with Crippen LogP contribution in [0, 0.1) is 11.6 Å². The van der Waals surface area contributed by atoms with Crippen LogP contribution in [0.2, 0.25) is 0 Å². The Balaban J connectivity index is 2.09. The lowest BCUT2D eigenvalue weighted by molar-refractivity contribution is 0.199. The number of benzene rings is 1. The van der Waals surface area contributed by atoms with Crippen molar-refractivity contribution in [2.45, 2.75) is 6.42 Å². The molecule has 0 atom stereocenters. The molecule has 1 aromatic carbocycles. The second-order valence-electron chi connectivity index (χ2n) is 3.96. The van der Waals surface area contributed by atoms with Gasteiger partial charge in [-0.3, -0.25) is 0 Å². The van der Waals surface area contributed by atoms with Gasteiger partial charge in [-0.15, -0.1) is 0 Å². The van der Waals surface area contributed by atoms with E-state index in [0.29, 0.717) is 25.1 Å². The molecule has 1 aromatic rings. The standard InChI is InChI=1S/C13H20F2N2O/c1-18-10-9-17-8-7-16-6-5-11-3-2-4-12(14)13(11)15/h2-4,16-17H,5-10H2,1H3. The van der Waals surface area contributed by atoms with Crippen LogP contribution < -0.4 is 10.6 Å². The maximum atomic E-state index is 13.3. The zero-order chi connectivity index (χ0) is 13.2. The second kappa shape index (κ2) is 8.97. The Kier molecular flexibility index (Phi) is 7.48. The molecule has 2 N–H and O–H groups in total. The Morgan fingerprint density at radius 2 is 1.78 bits per heavy atom. The first-order valence-corrected chi connectivity index (χ1v) is 6.09. The average Bonchev–Trinajstić information content (AvgIpc) is 2.37. The number of methoxy groups -OCH3 is 1. The van der Waals surface area contributed by atoms with Crippen LogP contribution in [-0.2, 0) is 11.2 Å². The van der Waals surface area contributed by atoms with Crippen LogP contribution in [0.1, 0.15) is 5.56 Å². The monoisotopic (exact) mass is 258 g/mol. The lowest BCUT2D eigenvalue weighted by atomic mass is 10.1.